The highest BCUT2D eigenvalue weighted by atomic mass is 79.9. The summed E-state index contributed by atoms with van der Waals surface area (Å²) >= 11 is 3.36. The van der Waals surface area contributed by atoms with Crippen LogP contribution in [0.2, 0.25) is 0 Å². The Morgan fingerprint density at radius 1 is 1.26 bits per heavy atom. The lowest BCUT2D eigenvalue weighted by molar-refractivity contribution is 0.554. The number of rotatable bonds is 7. The summed E-state index contributed by atoms with van der Waals surface area (Å²) in [6.45, 7) is 7.25. The van der Waals surface area contributed by atoms with Crippen molar-refractivity contribution in [1.29, 1.82) is 0 Å². The maximum Gasteiger partial charge on any atom is 0.240 e. The van der Waals surface area contributed by atoms with Crippen LogP contribution >= 0.6 is 15.9 Å². The second kappa shape index (κ2) is 7.38. The van der Waals surface area contributed by atoms with Gasteiger partial charge < -0.3 is 5.32 Å². The summed E-state index contributed by atoms with van der Waals surface area (Å²) in [5, 5.41) is 3.25. The first kappa shape index (κ1) is 16.6. The smallest absolute Gasteiger partial charge is 0.240 e. The van der Waals surface area contributed by atoms with E-state index in [0.717, 1.165) is 23.0 Å². The Morgan fingerprint density at radius 2 is 1.95 bits per heavy atom. The van der Waals surface area contributed by atoms with Crippen LogP contribution in [0.3, 0.4) is 0 Å². The van der Waals surface area contributed by atoms with Crippen molar-refractivity contribution >= 4 is 26.0 Å². The summed E-state index contributed by atoms with van der Waals surface area (Å²) in [4.78, 5) is 0.310. The molecular formula is C13H21BrN2O2S. The van der Waals surface area contributed by atoms with Gasteiger partial charge >= 0.3 is 0 Å². The molecule has 0 radical (unpaired) electrons. The van der Waals surface area contributed by atoms with Crippen molar-refractivity contribution in [3.8, 4) is 0 Å². The number of sulfonamides is 1. The van der Waals surface area contributed by atoms with Gasteiger partial charge in [0.05, 0.1) is 4.90 Å². The number of halogens is 1. The van der Waals surface area contributed by atoms with Gasteiger partial charge in [-0.15, -0.1) is 0 Å². The lowest BCUT2D eigenvalue weighted by atomic mass is 10.2. The molecule has 1 aromatic rings. The van der Waals surface area contributed by atoms with Crippen molar-refractivity contribution in [3.05, 3.63) is 28.2 Å². The van der Waals surface area contributed by atoms with E-state index in [-0.39, 0.29) is 0 Å². The third kappa shape index (κ3) is 5.60. The molecule has 0 fully saturated rings. The molecule has 108 valence electrons. The normalized spacial score (nSPS) is 12.1. The van der Waals surface area contributed by atoms with Crippen LogP contribution in [0.1, 0.15) is 25.8 Å². The van der Waals surface area contributed by atoms with Gasteiger partial charge in [-0.1, -0.05) is 29.8 Å². The minimum Gasteiger partial charge on any atom is -0.314 e. The van der Waals surface area contributed by atoms with Gasteiger partial charge in [0.15, 0.2) is 0 Å². The van der Waals surface area contributed by atoms with E-state index in [9.17, 15) is 8.42 Å². The second-order valence-electron chi connectivity index (χ2n) is 4.77. The third-order valence-corrected chi connectivity index (χ3v) is 4.99. The number of hydrogen-bond acceptors (Lipinski definition) is 3. The van der Waals surface area contributed by atoms with Gasteiger partial charge in [-0.05, 0) is 43.7 Å². The molecule has 0 saturated heterocycles. The fourth-order valence-corrected chi connectivity index (χ4v) is 2.96. The second-order valence-corrected chi connectivity index (χ2v) is 7.39. The number of nitrogens with one attached hydrogen (secondary N) is 2. The molecule has 1 aromatic carbocycles. The van der Waals surface area contributed by atoms with Crippen molar-refractivity contribution in [2.45, 2.75) is 38.1 Å². The number of benzene rings is 1. The van der Waals surface area contributed by atoms with Crippen LogP contribution in [-0.2, 0) is 10.0 Å². The van der Waals surface area contributed by atoms with E-state index in [2.05, 4.69) is 39.8 Å². The van der Waals surface area contributed by atoms with Crippen LogP contribution in [0.5, 0.6) is 0 Å². The molecule has 0 bridgehead atoms. The molecule has 19 heavy (non-hydrogen) atoms. The van der Waals surface area contributed by atoms with E-state index in [4.69, 9.17) is 0 Å². The van der Waals surface area contributed by atoms with Crippen molar-refractivity contribution in [2.75, 3.05) is 13.1 Å². The summed E-state index contributed by atoms with van der Waals surface area (Å²) in [6.07, 6.45) is 0.771. The molecule has 2 N–H and O–H groups in total. The summed E-state index contributed by atoms with van der Waals surface area (Å²) in [6, 6.07) is 5.44. The van der Waals surface area contributed by atoms with Crippen molar-refractivity contribution in [3.63, 3.8) is 0 Å². The first-order valence-electron chi connectivity index (χ1n) is 6.32. The SMILES string of the molecule is Cc1cc(S(=O)(=O)NCCCNC(C)C)ccc1Br. The molecule has 6 heteroatoms. The van der Waals surface area contributed by atoms with Crippen LogP contribution in [0.25, 0.3) is 0 Å². The Labute approximate surface area is 124 Å². The number of aryl methyl sites for hydroxylation is 1. The van der Waals surface area contributed by atoms with Gasteiger partial charge in [-0.2, -0.15) is 0 Å². The first-order chi connectivity index (χ1) is 8.83. The summed E-state index contributed by atoms with van der Waals surface area (Å²) in [5.41, 5.74) is 0.907. The molecule has 0 aliphatic rings. The van der Waals surface area contributed by atoms with Crippen molar-refractivity contribution in [1.82, 2.24) is 10.0 Å². The van der Waals surface area contributed by atoms with Gasteiger partial charge in [0.2, 0.25) is 10.0 Å². The molecule has 0 amide bonds. The average Bonchev–Trinajstić information content (AvgIpc) is 2.31. The third-order valence-electron chi connectivity index (χ3n) is 2.64. The highest BCUT2D eigenvalue weighted by molar-refractivity contribution is 9.10. The molecule has 4 nitrogen and oxygen atoms in total. The molecule has 0 saturated carbocycles. The van der Waals surface area contributed by atoms with E-state index in [1.807, 2.05) is 6.92 Å². The molecule has 0 spiro atoms. The lowest BCUT2D eigenvalue weighted by Crippen LogP contribution is -2.29. The van der Waals surface area contributed by atoms with Crippen LogP contribution in [0.4, 0.5) is 0 Å². The van der Waals surface area contributed by atoms with Gasteiger partial charge in [0.25, 0.3) is 0 Å². The van der Waals surface area contributed by atoms with Gasteiger partial charge in [0.1, 0.15) is 0 Å². The largest absolute Gasteiger partial charge is 0.314 e. The van der Waals surface area contributed by atoms with E-state index < -0.39 is 10.0 Å². The standard InChI is InChI=1S/C13H21BrN2O2S/c1-10(2)15-7-4-8-16-19(17,18)12-5-6-13(14)11(3)9-12/h5-6,9-10,15-16H,4,7-8H2,1-3H3. The predicted molar refractivity (Wildman–Crippen MR) is 81.8 cm³/mol. The Kier molecular flexibility index (Phi) is 6.46. The average molecular weight is 349 g/mol. The van der Waals surface area contributed by atoms with Crippen LogP contribution in [0, 0.1) is 6.92 Å². The minimum atomic E-state index is -3.40. The molecule has 0 aliphatic carbocycles. The van der Waals surface area contributed by atoms with E-state index >= 15 is 0 Å². The van der Waals surface area contributed by atoms with Crippen LogP contribution in [-0.4, -0.2) is 27.5 Å². The zero-order valence-corrected chi connectivity index (χ0v) is 13.9. The lowest BCUT2D eigenvalue weighted by Gasteiger charge is -2.10. The Balaban J connectivity index is 2.54. The number of hydrogen-bond donors (Lipinski definition) is 2. The Hall–Kier alpha value is -0.430. The molecule has 0 atom stereocenters. The maximum absolute atomic E-state index is 12.0. The fourth-order valence-electron chi connectivity index (χ4n) is 1.55. The van der Waals surface area contributed by atoms with E-state index in [1.165, 1.54) is 0 Å². The van der Waals surface area contributed by atoms with E-state index in [1.54, 1.807) is 18.2 Å². The van der Waals surface area contributed by atoms with Crippen molar-refractivity contribution in [2.24, 2.45) is 0 Å². The Morgan fingerprint density at radius 3 is 2.53 bits per heavy atom. The zero-order valence-electron chi connectivity index (χ0n) is 11.5. The summed E-state index contributed by atoms with van der Waals surface area (Å²) in [7, 11) is -3.40. The predicted octanol–water partition coefficient (Wildman–Crippen LogP) is 2.42. The quantitative estimate of drug-likeness (QED) is 0.744. The van der Waals surface area contributed by atoms with Crippen molar-refractivity contribution < 1.29 is 8.42 Å². The first-order valence-corrected chi connectivity index (χ1v) is 8.60. The summed E-state index contributed by atoms with van der Waals surface area (Å²) in [5.74, 6) is 0. The zero-order chi connectivity index (χ0) is 14.5. The minimum absolute atomic E-state index is 0.310. The molecule has 0 heterocycles. The van der Waals surface area contributed by atoms with Gasteiger partial charge in [0, 0.05) is 17.1 Å². The molecule has 0 unspecified atom stereocenters. The monoisotopic (exact) mass is 348 g/mol. The molecule has 1 rings (SSSR count). The molecular weight excluding hydrogens is 328 g/mol. The molecule has 0 aromatic heterocycles. The fraction of sp³-hybridized carbons (Fsp3) is 0.538. The highest BCUT2D eigenvalue weighted by Crippen LogP contribution is 2.19. The van der Waals surface area contributed by atoms with Gasteiger partial charge in [-0.3, -0.25) is 0 Å². The molecule has 0 aliphatic heterocycles. The van der Waals surface area contributed by atoms with Crippen LogP contribution < -0.4 is 10.0 Å². The maximum atomic E-state index is 12.0. The van der Waals surface area contributed by atoms with E-state index in [0.29, 0.717) is 17.5 Å². The van der Waals surface area contributed by atoms with Gasteiger partial charge in [-0.25, -0.2) is 13.1 Å². The highest BCUT2D eigenvalue weighted by Gasteiger charge is 2.13. The topological polar surface area (TPSA) is 58.2 Å². The Bertz CT molecular complexity index is 515. The summed E-state index contributed by atoms with van der Waals surface area (Å²) < 4.78 is 27.6. The van der Waals surface area contributed by atoms with Crippen LogP contribution in [0.15, 0.2) is 27.6 Å².